The minimum absolute atomic E-state index is 0.274. The van der Waals surface area contributed by atoms with E-state index in [2.05, 4.69) is 45.8 Å². The number of hydrogen-bond donors (Lipinski definition) is 0. The largest absolute Gasteiger partial charge is 0.119 e. The van der Waals surface area contributed by atoms with Gasteiger partial charge in [-0.3, -0.25) is 0 Å². The standard InChI is InChI=1S/C14H22/c1-6-9-10-14(13(5)8-3)11-12(4)7-2/h3,7,11,13H,6,9-10H2,1-2,4-5H3/b12-7+,14-11+. The Morgan fingerprint density at radius 1 is 1.50 bits per heavy atom. The van der Waals surface area contributed by atoms with Crippen molar-refractivity contribution in [1.82, 2.24) is 0 Å². The number of rotatable bonds is 5. The van der Waals surface area contributed by atoms with E-state index in [1.807, 2.05) is 0 Å². The number of hydrogen-bond acceptors (Lipinski definition) is 0. The number of unbranched alkanes of at least 4 members (excludes halogenated alkanes) is 1. The molecule has 0 saturated heterocycles. The fourth-order valence-corrected chi connectivity index (χ4v) is 1.28. The molecule has 0 aliphatic heterocycles. The van der Waals surface area contributed by atoms with Crippen molar-refractivity contribution in [2.45, 2.75) is 47.0 Å². The van der Waals surface area contributed by atoms with Gasteiger partial charge < -0.3 is 0 Å². The van der Waals surface area contributed by atoms with Crippen LogP contribution >= 0.6 is 0 Å². The summed E-state index contributed by atoms with van der Waals surface area (Å²) in [4.78, 5) is 0. The van der Waals surface area contributed by atoms with Gasteiger partial charge in [0.1, 0.15) is 0 Å². The fourth-order valence-electron chi connectivity index (χ4n) is 1.28. The summed E-state index contributed by atoms with van der Waals surface area (Å²) in [5.41, 5.74) is 2.70. The molecule has 1 atom stereocenters. The van der Waals surface area contributed by atoms with Crippen molar-refractivity contribution < 1.29 is 0 Å². The number of allylic oxidation sites excluding steroid dienone is 4. The van der Waals surface area contributed by atoms with Gasteiger partial charge in [-0.05, 0) is 33.6 Å². The molecule has 0 amide bonds. The third-order valence-electron chi connectivity index (χ3n) is 2.49. The monoisotopic (exact) mass is 190 g/mol. The summed E-state index contributed by atoms with van der Waals surface area (Å²) in [7, 11) is 0. The van der Waals surface area contributed by atoms with Crippen LogP contribution in [-0.2, 0) is 0 Å². The molecule has 0 heteroatoms. The third-order valence-corrected chi connectivity index (χ3v) is 2.49. The smallest absolute Gasteiger partial charge is 0.0384 e. The molecule has 0 aromatic carbocycles. The predicted molar refractivity (Wildman–Crippen MR) is 65.0 cm³/mol. The summed E-state index contributed by atoms with van der Waals surface area (Å²) in [6.07, 6.45) is 13.4. The summed E-state index contributed by atoms with van der Waals surface area (Å²) >= 11 is 0. The summed E-state index contributed by atoms with van der Waals surface area (Å²) in [5.74, 6) is 3.08. The minimum Gasteiger partial charge on any atom is -0.119 e. The summed E-state index contributed by atoms with van der Waals surface area (Å²) in [6.45, 7) is 8.49. The van der Waals surface area contributed by atoms with E-state index in [1.165, 1.54) is 24.0 Å². The summed E-state index contributed by atoms with van der Waals surface area (Å²) in [5, 5.41) is 0. The first kappa shape index (κ1) is 13.0. The quantitative estimate of drug-likeness (QED) is 0.447. The van der Waals surface area contributed by atoms with Gasteiger partial charge in [-0.25, -0.2) is 0 Å². The molecule has 0 heterocycles. The highest BCUT2D eigenvalue weighted by Crippen LogP contribution is 2.18. The van der Waals surface area contributed by atoms with Gasteiger partial charge in [-0.15, -0.1) is 6.42 Å². The van der Waals surface area contributed by atoms with Gasteiger partial charge >= 0.3 is 0 Å². The van der Waals surface area contributed by atoms with E-state index in [1.54, 1.807) is 0 Å². The minimum atomic E-state index is 0.274. The molecule has 1 unspecified atom stereocenters. The van der Waals surface area contributed by atoms with Gasteiger partial charge in [0.15, 0.2) is 0 Å². The molecule has 14 heavy (non-hydrogen) atoms. The van der Waals surface area contributed by atoms with Crippen LogP contribution in [0.1, 0.15) is 47.0 Å². The zero-order valence-electron chi connectivity index (χ0n) is 9.93. The lowest BCUT2D eigenvalue weighted by Crippen LogP contribution is -1.97. The van der Waals surface area contributed by atoms with Crippen molar-refractivity contribution in [3.63, 3.8) is 0 Å². The second-order valence-electron chi connectivity index (χ2n) is 3.74. The molecular formula is C14H22. The second kappa shape index (κ2) is 7.44. The van der Waals surface area contributed by atoms with Crippen LogP contribution in [0.5, 0.6) is 0 Å². The van der Waals surface area contributed by atoms with E-state index in [9.17, 15) is 0 Å². The number of terminal acetylenes is 1. The lowest BCUT2D eigenvalue weighted by atomic mass is 9.95. The summed E-state index contributed by atoms with van der Waals surface area (Å²) < 4.78 is 0. The predicted octanol–water partition coefficient (Wildman–Crippen LogP) is 4.34. The van der Waals surface area contributed by atoms with Crippen molar-refractivity contribution in [3.05, 3.63) is 23.3 Å². The highest BCUT2D eigenvalue weighted by molar-refractivity contribution is 5.26. The molecule has 0 aliphatic rings. The van der Waals surface area contributed by atoms with E-state index in [0.29, 0.717) is 0 Å². The van der Waals surface area contributed by atoms with Gasteiger partial charge in [0.25, 0.3) is 0 Å². The van der Waals surface area contributed by atoms with Gasteiger partial charge in [0.2, 0.25) is 0 Å². The van der Waals surface area contributed by atoms with Crippen LogP contribution in [0.4, 0.5) is 0 Å². The van der Waals surface area contributed by atoms with Crippen LogP contribution in [0.15, 0.2) is 23.3 Å². The first-order chi connectivity index (χ1) is 6.65. The van der Waals surface area contributed by atoms with E-state index < -0.39 is 0 Å². The molecule has 0 aromatic rings. The van der Waals surface area contributed by atoms with Crippen molar-refractivity contribution in [3.8, 4) is 12.3 Å². The highest BCUT2D eigenvalue weighted by Gasteiger charge is 2.04. The zero-order valence-corrected chi connectivity index (χ0v) is 9.93. The molecule has 0 radical (unpaired) electrons. The molecule has 0 N–H and O–H groups in total. The average molecular weight is 190 g/mol. The van der Waals surface area contributed by atoms with Gasteiger partial charge in [0, 0.05) is 5.92 Å². The Kier molecular flexibility index (Phi) is 6.93. The topological polar surface area (TPSA) is 0 Å². The van der Waals surface area contributed by atoms with Crippen LogP contribution in [0.3, 0.4) is 0 Å². The van der Waals surface area contributed by atoms with E-state index in [4.69, 9.17) is 6.42 Å². The highest BCUT2D eigenvalue weighted by atomic mass is 14.1. The second-order valence-corrected chi connectivity index (χ2v) is 3.74. The Morgan fingerprint density at radius 2 is 2.14 bits per heavy atom. The maximum Gasteiger partial charge on any atom is 0.0384 e. The van der Waals surface area contributed by atoms with Crippen molar-refractivity contribution >= 4 is 0 Å². The lowest BCUT2D eigenvalue weighted by molar-refractivity contribution is 0.724. The zero-order chi connectivity index (χ0) is 11.0. The van der Waals surface area contributed by atoms with Gasteiger partial charge in [0.05, 0.1) is 0 Å². The van der Waals surface area contributed by atoms with E-state index in [0.717, 1.165) is 6.42 Å². The summed E-state index contributed by atoms with van der Waals surface area (Å²) in [6, 6.07) is 0. The first-order valence-corrected chi connectivity index (χ1v) is 5.45. The van der Waals surface area contributed by atoms with Crippen LogP contribution < -0.4 is 0 Å². The fraction of sp³-hybridized carbons (Fsp3) is 0.571. The van der Waals surface area contributed by atoms with Crippen molar-refractivity contribution in [2.24, 2.45) is 5.92 Å². The lowest BCUT2D eigenvalue weighted by Gasteiger charge is -2.10. The maximum absolute atomic E-state index is 5.45. The molecule has 0 saturated carbocycles. The molecule has 0 bridgehead atoms. The van der Waals surface area contributed by atoms with E-state index >= 15 is 0 Å². The van der Waals surface area contributed by atoms with Crippen LogP contribution in [0, 0.1) is 18.3 Å². The Bertz CT molecular complexity index is 248. The molecule has 0 fully saturated rings. The maximum atomic E-state index is 5.45. The van der Waals surface area contributed by atoms with Crippen LogP contribution in [0.25, 0.3) is 0 Å². The molecule has 0 rings (SSSR count). The van der Waals surface area contributed by atoms with Crippen molar-refractivity contribution in [2.75, 3.05) is 0 Å². The Hall–Kier alpha value is -0.960. The van der Waals surface area contributed by atoms with Crippen LogP contribution in [-0.4, -0.2) is 0 Å². The Balaban J connectivity index is 4.56. The Labute approximate surface area is 89.1 Å². The molecule has 0 spiro atoms. The molecular weight excluding hydrogens is 168 g/mol. The molecule has 78 valence electrons. The van der Waals surface area contributed by atoms with E-state index in [-0.39, 0.29) is 5.92 Å². The van der Waals surface area contributed by atoms with Gasteiger partial charge in [-0.1, -0.05) is 42.6 Å². The molecule has 0 aromatic heterocycles. The molecule has 0 nitrogen and oxygen atoms in total. The Morgan fingerprint density at radius 3 is 2.57 bits per heavy atom. The van der Waals surface area contributed by atoms with Gasteiger partial charge in [-0.2, -0.15) is 0 Å². The first-order valence-electron chi connectivity index (χ1n) is 5.45. The third kappa shape index (κ3) is 4.92. The normalized spacial score (nSPS) is 15.1. The van der Waals surface area contributed by atoms with Crippen molar-refractivity contribution in [1.29, 1.82) is 0 Å². The average Bonchev–Trinajstić information content (AvgIpc) is 2.22. The SMILES string of the molecule is C#CC(C)/C(=C/C(C)=C/C)CCCC. The van der Waals surface area contributed by atoms with Crippen LogP contribution in [0.2, 0.25) is 0 Å². The molecule has 0 aliphatic carbocycles.